The van der Waals surface area contributed by atoms with Gasteiger partial charge >= 0.3 is 15.0 Å². The zero-order chi connectivity index (χ0) is 26.2. The molecule has 0 aromatic heterocycles. The van der Waals surface area contributed by atoms with Crippen molar-refractivity contribution in [3.05, 3.63) is 27.8 Å². The molecule has 0 N–H and O–H groups in total. The summed E-state index contributed by atoms with van der Waals surface area (Å²) in [5.41, 5.74) is -0.413. The van der Waals surface area contributed by atoms with Crippen molar-refractivity contribution in [2.75, 3.05) is 35.0 Å². The molecule has 1 aromatic carbocycles. The number of benzene rings is 1. The topological polar surface area (TPSA) is 162 Å². The van der Waals surface area contributed by atoms with Crippen molar-refractivity contribution >= 4 is 32.5 Å². The molecule has 1 aliphatic rings. The van der Waals surface area contributed by atoms with Crippen LogP contribution in [0.3, 0.4) is 0 Å². The van der Waals surface area contributed by atoms with Crippen LogP contribution in [-0.2, 0) is 32.4 Å². The van der Waals surface area contributed by atoms with E-state index in [0.29, 0.717) is 17.5 Å². The number of nitro benzene ring substituents is 1. The third-order valence-corrected chi connectivity index (χ3v) is 8.04. The number of carbonyl (C=O) groups excluding carboxylic acids is 3. The minimum absolute atomic E-state index is 0.0141. The lowest BCUT2D eigenvalue weighted by molar-refractivity contribution is -0.386. The number of hydrogen-bond donors (Lipinski definition) is 0. The third kappa shape index (κ3) is 6.88. The SMILES string of the molecule is COc1cc(C(C)OC(=O)ON2C(=O)CCC2=O)c([N+](=O)[O-])cc1OCCC[Si](OC)(OC)OC. The van der Waals surface area contributed by atoms with Gasteiger partial charge in [0.2, 0.25) is 0 Å². The van der Waals surface area contributed by atoms with Gasteiger partial charge in [-0.2, -0.15) is 0 Å². The van der Waals surface area contributed by atoms with Crippen molar-refractivity contribution in [1.82, 2.24) is 5.06 Å². The summed E-state index contributed by atoms with van der Waals surface area (Å²) in [7, 11) is 3.03. The van der Waals surface area contributed by atoms with Gasteiger partial charge < -0.3 is 27.5 Å². The molecule has 0 radical (unpaired) electrons. The Morgan fingerprint density at radius 3 is 2.20 bits per heavy atom. The Morgan fingerprint density at radius 2 is 1.69 bits per heavy atom. The monoisotopic (exact) mass is 516 g/mol. The van der Waals surface area contributed by atoms with Crippen molar-refractivity contribution < 1.29 is 51.6 Å². The van der Waals surface area contributed by atoms with E-state index in [4.69, 9.17) is 27.5 Å². The van der Waals surface area contributed by atoms with Gasteiger partial charge in [-0.15, -0.1) is 0 Å². The zero-order valence-electron chi connectivity index (χ0n) is 20.1. The van der Waals surface area contributed by atoms with Crippen LogP contribution < -0.4 is 9.47 Å². The minimum Gasteiger partial charge on any atom is -0.493 e. The third-order valence-electron chi connectivity index (χ3n) is 5.21. The Kier molecular flexibility index (Phi) is 9.94. The van der Waals surface area contributed by atoms with Gasteiger partial charge in [-0.3, -0.25) is 24.5 Å². The number of amides is 2. The highest BCUT2D eigenvalue weighted by Gasteiger charge is 2.37. The highest BCUT2D eigenvalue weighted by molar-refractivity contribution is 6.60. The standard InChI is InChI=1S/C20H28N2O12Si/c1-13(33-20(25)34-21-18(23)7-8-19(21)24)14-11-16(28-2)17(12-15(14)22(26)27)32-9-6-10-35(29-3,30-4)31-5/h11-13H,6-10H2,1-5H3. The molecule has 0 saturated carbocycles. The van der Waals surface area contributed by atoms with E-state index in [1.165, 1.54) is 41.4 Å². The first-order valence-corrected chi connectivity index (χ1v) is 12.4. The number of nitrogens with zero attached hydrogens (tertiary/aromatic N) is 2. The second kappa shape index (κ2) is 12.4. The van der Waals surface area contributed by atoms with E-state index in [1.54, 1.807) is 0 Å². The van der Waals surface area contributed by atoms with Gasteiger partial charge in [0.25, 0.3) is 17.5 Å². The molecule has 1 atom stereocenters. The number of hydrogen-bond acceptors (Lipinski definition) is 12. The zero-order valence-corrected chi connectivity index (χ0v) is 21.1. The van der Waals surface area contributed by atoms with Crippen molar-refractivity contribution in [2.45, 2.75) is 38.3 Å². The van der Waals surface area contributed by atoms with Crippen molar-refractivity contribution in [2.24, 2.45) is 0 Å². The Labute approximate surface area is 202 Å². The molecule has 1 aliphatic heterocycles. The maximum atomic E-state index is 12.1. The molecule has 194 valence electrons. The molecule has 1 saturated heterocycles. The molecule has 2 rings (SSSR count). The molecule has 0 spiro atoms. The van der Waals surface area contributed by atoms with Gasteiger partial charge in [-0.05, 0) is 19.4 Å². The van der Waals surface area contributed by atoms with Crippen LogP contribution in [0.4, 0.5) is 10.5 Å². The van der Waals surface area contributed by atoms with Gasteiger partial charge in [0, 0.05) is 40.2 Å². The summed E-state index contributed by atoms with van der Waals surface area (Å²) in [6, 6.07) is 2.91. The van der Waals surface area contributed by atoms with E-state index in [1.807, 2.05) is 0 Å². The van der Waals surface area contributed by atoms with E-state index in [9.17, 15) is 24.5 Å². The molecule has 15 heteroatoms. The smallest absolute Gasteiger partial charge is 0.493 e. The lowest BCUT2D eigenvalue weighted by atomic mass is 10.1. The Balaban J connectivity index is 2.13. The largest absolute Gasteiger partial charge is 0.534 e. The number of carbonyl (C=O) groups is 3. The second-order valence-electron chi connectivity index (χ2n) is 7.25. The average Bonchev–Trinajstić information content (AvgIpc) is 3.15. The van der Waals surface area contributed by atoms with Crippen LogP contribution in [0.1, 0.15) is 37.9 Å². The first-order chi connectivity index (χ1) is 16.6. The predicted octanol–water partition coefficient (Wildman–Crippen LogP) is 2.53. The molecular formula is C20H28N2O12Si. The summed E-state index contributed by atoms with van der Waals surface area (Å²) < 4.78 is 32.1. The maximum absolute atomic E-state index is 12.1. The van der Waals surface area contributed by atoms with Gasteiger partial charge in [0.05, 0.1) is 30.3 Å². The molecule has 0 aliphatic carbocycles. The second-order valence-corrected chi connectivity index (χ2v) is 10.3. The van der Waals surface area contributed by atoms with Crippen LogP contribution in [0.2, 0.25) is 6.04 Å². The fourth-order valence-corrected chi connectivity index (χ4v) is 5.00. The highest BCUT2D eigenvalue weighted by atomic mass is 28.4. The van der Waals surface area contributed by atoms with Gasteiger partial charge in [0.1, 0.15) is 6.10 Å². The molecule has 1 fully saturated rings. The molecule has 1 heterocycles. The summed E-state index contributed by atoms with van der Waals surface area (Å²) >= 11 is 0. The van der Waals surface area contributed by atoms with E-state index in [-0.39, 0.29) is 36.5 Å². The molecule has 1 unspecified atom stereocenters. The summed E-state index contributed by atoms with van der Waals surface area (Å²) in [4.78, 5) is 50.9. The predicted molar refractivity (Wildman–Crippen MR) is 118 cm³/mol. The van der Waals surface area contributed by atoms with Gasteiger partial charge in [-0.25, -0.2) is 4.79 Å². The fourth-order valence-electron chi connectivity index (χ4n) is 3.31. The minimum atomic E-state index is -2.79. The quantitative estimate of drug-likeness (QED) is 0.0941. The van der Waals surface area contributed by atoms with E-state index >= 15 is 0 Å². The molecule has 0 bridgehead atoms. The van der Waals surface area contributed by atoms with Crippen molar-refractivity contribution in [1.29, 1.82) is 0 Å². The van der Waals surface area contributed by atoms with Crippen LogP contribution in [-0.4, -0.2) is 71.8 Å². The van der Waals surface area contributed by atoms with E-state index in [0.717, 1.165) is 6.07 Å². The van der Waals surface area contributed by atoms with Gasteiger partial charge in [0.15, 0.2) is 11.5 Å². The summed E-state index contributed by atoms with van der Waals surface area (Å²) in [5.74, 6) is -1.11. The summed E-state index contributed by atoms with van der Waals surface area (Å²) in [6.45, 7) is 1.52. The number of ether oxygens (including phenoxy) is 3. The summed E-state index contributed by atoms with van der Waals surface area (Å²) in [6.07, 6.45) is -2.25. The first-order valence-electron chi connectivity index (χ1n) is 10.5. The molecule has 2 amide bonds. The number of nitro groups is 1. The van der Waals surface area contributed by atoms with Crippen LogP contribution in [0, 0.1) is 10.1 Å². The normalized spacial score (nSPS) is 14.6. The number of imide groups is 1. The summed E-state index contributed by atoms with van der Waals surface area (Å²) in [5, 5.41) is 12.0. The number of rotatable bonds is 13. The molecule has 14 nitrogen and oxygen atoms in total. The first kappa shape index (κ1) is 28.0. The fraction of sp³-hybridized carbons (Fsp3) is 0.550. The van der Waals surface area contributed by atoms with Crippen molar-refractivity contribution in [3.8, 4) is 11.5 Å². The highest BCUT2D eigenvalue weighted by Crippen LogP contribution is 2.39. The lowest BCUT2D eigenvalue weighted by Gasteiger charge is -2.24. The Bertz CT molecular complexity index is 928. The van der Waals surface area contributed by atoms with Crippen LogP contribution in [0.15, 0.2) is 12.1 Å². The van der Waals surface area contributed by atoms with Crippen LogP contribution >= 0.6 is 0 Å². The molecule has 1 aromatic rings. The molecule has 35 heavy (non-hydrogen) atoms. The maximum Gasteiger partial charge on any atom is 0.534 e. The van der Waals surface area contributed by atoms with Crippen molar-refractivity contribution in [3.63, 3.8) is 0 Å². The molecular weight excluding hydrogens is 488 g/mol. The number of methoxy groups -OCH3 is 1. The number of hydroxylamine groups is 2. The Hall–Kier alpha value is -3.27. The Morgan fingerprint density at radius 1 is 1.09 bits per heavy atom. The van der Waals surface area contributed by atoms with Gasteiger partial charge in [-0.1, -0.05) is 5.06 Å². The van der Waals surface area contributed by atoms with Crippen LogP contribution in [0.5, 0.6) is 11.5 Å². The van der Waals surface area contributed by atoms with E-state index < -0.39 is 43.5 Å². The lowest BCUT2D eigenvalue weighted by Crippen LogP contribution is -2.42. The van der Waals surface area contributed by atoms with E-state index in [2.05, 4.69) is 4.84 Å². The average molecular weight is 517 g/mol. The van der Waals surface area contributed by atoms with Crippen LogP contribution in [0.25, 0.3) is 0 Å².